The number of aryl methyl sites for hydroxylation is 2. The molecule has 0 fully saturated rings. The van der Waals surface area contributed by atoms with E-state index < -0.39 is 18.0 Å². The highest BCUT2D eigenvalue weighted by molar-refractivity contribution is 6.30. The number of rotatable bonds is 10. The predicted molar refractivity (Wildman–Crippen MR) is 154 cm³/mol. The number of aliphatic carboxylic acids is 2. The van der Waals surface area contributed by atoms with Crippen molar-refractivity contribution < 1.29 is 39.5 Å². The van der Waals surface area contributed by atoms with Crippen LogP contribution in [0.3, 0.4) is 0 Å². The number of aliphatic hydroxyl groups is 1. The predicted octanol–water partition coefficient (Wildman–Crippen LogP) is 3.15. The summed E-state index contributed by atoms with van der Waals surface area (Å²) in [5.41, 5.74) is 1.34. The standard InChI is InChI=1S/C24H28ClN5O4.C4H4O4/c1-14-27-23(15-4-6-16(25)7-5-15)29-30(14)9-8-24(2,3)26-12-20(32)18-10-17(31)11-19-22(18)34-13-21(33)28-19;5-3(6)1-2-4(7)8/h4-7,10-11,20,26,31-32H,8-9,12-13H2,1-3H3,(H,28,33);1-2H,(H,5,6)(H,7,8)/b;2-1-/t20-;/m0./s1. The number of benzene rings is 2. The summed E-state index contributed by atoms with van der Waals surface area (Å²) in [5, 5.41) is 47.8. The zero-order valence-corrected chi connectivity index (χ0v) is 23.9. The number of carboxylic acid groups (broad SMARTS) is 2. The van der Waals surface area contributed by atoms with Gasteiger partial charge in [-0.25, -0.2) is 19.3 Å². The molecule has 0 aliphatic carbocycles. The maximum atomic E-state index is 11.6. The smallest absolute Gasteiger partial charge is 0.328 e. The zero-order valence-electron chi connectivity index (χ0n) is 23.2. The van der Waals surface area contributed by atoms with Gasteiger partial charge in [0.25, 0.3) is 5.91 Å². The number of phenols is 1. The Hall–Kier alpha value is -4.46. The first kappa shape index (κ1) is 32.1. The molecule has 1 aliphatic rings. The highest BCUT2D eigenvalue weighted by Gasteiger charge is 2.26. The van der Waals surface area contributed by atoms with Crippen LogP contribution in [0.1, 0.15) is 37.8 Å². The number of aromatic nitrogens is 3. The number of aromatic hydroxyl groups is 1. The third kappa shape index (κ3) is 9.29. The molecule has 1 atom stereocenters. The van der Waals surface area contributed by atoms with Crippen LogP contribution < -0.4 is 15.4 Å². The lowest BCUT2D eigenvalue weighted by molar-refractivity contribution is -0.134. The van der Waals surface area contributed by atoms with Gasteiger partial charge in [0.1, 0.15) is 17.3 Å². The van der Waals surface area contributed by atoms with Crippen molar-refractivity contribution in [1.82, 2.24) is 20.1 Å². The molecule has 224 valence electrons. The Morgan fingerprint density at radius 1 is 1.19 bits per heavy atom. The number of aliphatic hydroxyl groups excluding tert-OH is 1. The Morgan fingerprint density at radius 3 is 2.45 bits per heavy atom. The van der Waals surface area contributed by atoms with Gasteiger partial charge < -0.3 is 35.8 Å². The second-order valence-corrected chi connectivity index (χ2v) is 10.4. The summed E-state index contributed by atoms with van der Waals surface area (Å²) in [6, 6.07) is 10.3. The van der Waals surface area contributed by atoms with Crippen molar-refractivity contribution in [3.8, 4) is 22.9 Å². The fourth-order valence-corrected chi connectivity index (χ4v) is 4.04. The highest BCUT2D eigenvalue weighted by Crippen LogP contribution is 2.38. The van der Waals surface area contributed by atoms with Gasteiger partial charge in [0.05, 0.1) is 11.8 Å². The maximum Gasteiger partial charge on any atom is 0.328 e. The van der Waals surface area contributed by atoms with Gasteiger partial charge >= 0.3 is 11.9 Å². The van der Waals surface area contributed by atoms with E-state index in [0.717, 1.165) is 17.8 Å². The number of fused-ring (bicyclic) bond motifs is 1. The summed E-state index contributed by atoms with van der Waals surface area (Å²) in [5.74, 6) is -1.05. The fourth-order valence-electron chi connectivity index (χ4n) is 3.91. The molecule has 1 aliphatic heterocycles. The summed E-state index contributed by atoms with van der Waals surface area (Å²) in [6.45, 7) is 6.74. The molecule has 0 saturated carbocycles. The van der Waals surface area contributed by atoms with E-state index in [1.54, 1.807) is 0 Å². The Bertz CT molecular complexity index is 1450. The lowest BCUT2D eigenvalue weighted by Crippen LogP contribution is -2.42. The number of phenolic OH excluding ortho intramolecular Hbond substituents is 1. The van der Waals surface area contributed by atoms with Gasteiger partial charge in [-0.2, -0.15) is 5.10 Å². The molecule has 3 aromatic rings. The van der Waals surface area contributed by atoms with Crippen LogP contribution in [0, 0.1) is 6.92 Å². The van der Waals surface area contributed by atoms with Crippen molar-refractivity contribution >= 4 is 35.1 Å². The number of nitrogens with zero attached hydrogens (tertiary/aromatic N) is 3. The molecule has 0 radical (unpaired) electrons. The maximum absolute atomic E-state index is 11.6. The Balaban J connectivity index is 0.000000531. The third-order valence-electron chi connectivity index (χ3n) is 6.13. The van der Waals surface area contributed by atoms with Gasteiger partial charge in [-0.1, -0.05) is 11.6 Å². The number of nitrogens with one attached hydrogen (secondary N) is 2. The normalized spacial score (nSPS) is 13.4. The number of anilines is 1. The second kappa shape index (κ2) is 13.9. The molecule has 0 spiro atoms. The van der Waals surface area contributed by atoms with Crippen molar-refractivity contribution in [2.24, 2.45) is 0 Å². The molecule has 14 heteroatoms. The molecular formula is C28H32ClN5O8. The number of ether oxygens (including phenoxy) is 1. The number of hydrogen-bond acceptors (Lipinski definition) is 9. The minimum atomic E-state index is -1.26. The number of carbonyl (C=O) groups is 3. The second-order valence-electron chi connectivity index (χ2n) is 10.0. The van der Waals surface area contributed by atoms with E-state index in [2.05, 4.69) is 20.7 Å². The first-order valence-electron chi connectivity index (χ1n) is 12.8. The summed E-state index contributed by atoms with van der Waals surface area (Å²) in [6.07, 6.45) is 0.902. The largest absolute Gasteiger partial charge is 0.508 e. The van der Waals surface area contributed by atoms with Crippen LogP contribution in [0.4, 0.5) is 5.69 Å². The first-order valence-corrected chi connectivity index (χ1v) is 13.2. The zero-order chi connectivity index (χ0) is 31.0. The molecule has 1 aromatic heterocycles. The summed E-state index contributed by atoms with van der Waals surface area (Å²) >= 11 is 5.97. The fraction of sp³-hybridized carbons (Fsp3) is 0.321. The van der Waals surface area contributed by atoms with Crippen molar-refractivity contribution in [3.63, 3.8) is 0 Å². The van der Waals surface area contributed by atoms with Crippen molar-refractivity contribution in [3.05, 3.63) is 65.0 Å². The summed E-state index contributed by atoms with van der Waals surface area (Å²) in [7, 11) is 0. The van der Waals surface area contributed by atoms with Crippen LogP contribution in [0.2, 0.25) is 5.02 Å². The number of β-amino-alcohol motifs (C(OH)–C–C–N with tert-alkyl or cyclic N) is 1. The van der Waals surface area contributed by atoms with Gasteiger partial charge in [0.15, 0.2) is 12.4 Å². The number of amides is 1. The molecule has 42 heavy (non-hydrogen) atoms. The van der Waals surface area contributed by atoms with E-state index in [4.69, 9.17) is 26.6 Å². The minimum absolute atomic E-state index is 0.0593. The molecule has 0 unspecified atom stereocenters. The van der Waals surface area contributed by atoms with Crippen LogP contribution in [0.5, 0.6) is 11.5 Å². The van der Waals surface area contributed by atoms with Gasteiger partial charge in [-0.05, 0) is 57.5 Å². The van der Waals surface area contributed by atoms with Crippen LogP contribution in [-0.4, -0.2) is 71.7 Å². The molecule has 2 aromatic carbocycles. The molecular weight excluding hydrogens is 570 g/mol. The van der Waals surface area contributed by atoms with Gasteiger partial charge in [-0.3, -0.25) is 4.79 Å². The SMILES string of the molecule is Cc1nc(-c2ccc(Cl)cc2)nn1CCC(C)(C)NC[C@H](O)c1cc(O)cc2c1OCC(=O)N2.O=C(O)/C=C\C(=O)O. The van der Waals surface area contributed by atoms with Gasteiger partial charge in [0, 0.05) is 53.0 Å². The average molecular weight is 602 g/mol. The number of hydrogen-bond donors (Lipinski definition) is 6. The van der Waals surface area contributed by atoms with E-state index >= 15 is 0 Å². The summed E-state index contributed by atoms with van der Waals surface area (Å²) in [4.78, 5) is 35.2. The van der Waals surface area contributed by atoms with Crippen LogP contribution >= 0.6 is 11.6 Å². The van der Waals surface area contributed by atoms with E-state index in [9.17, 15) is 24.6 Å². The number of carbonyl (C=O) groups excluding carboxylic acids is 1. The highest BCUT2D eigenvalue weighted by atomic mass is 35.5. The average Bonchev–Trinajstić information content (AvgIpc) is 3.30. The number of halogens is 1. The molecule has 0 saturated heterocycles. The number of carboxylic acids is 2. The van der Waals surface area contributed by atoms with Gasteiger partial charge in [0.2, 0.25) is 0 Å². The summed E-state index contributed by atoms with van der Waals surface area (Å²) < 4.78 is 7.37. The first-order chi connectivity index (χ1) is 19.7. The molecule has 4 rings (SSSR count). The van der Waals surface area contributed by atoms with Crippen LogP contribution in [-0.2, 0) is 20.9 Å². The van der Waals surface area contributed by atoms with E-state index in [1.165, 1.54) is 12.1 Å². The van der Waals surface area contributed by atoms with Crippen LogP contribution in [0.15, 0.2) is 48.6 Å². The minimum Gasteiger partial charge on any atom is -0.508 e. The lowest BCUT2D eigenvalue weighted by Gasteiger charge is -2.29. The van der Waals surface area contributed by atoms with E-state index in [1.807, 2.05) is 49.7 Å². The molecule has 6 N–H and O–H groups in total. The topological polar surface area (TPSA) is 196 Å². The third-order valence-corrected chi connectivity index (χ3v) is 6.39. The molecule has 2 heterocycles. The monoisotopic (exact) mass is 601 g/mol. The Labute approximate surface area is 246 Å². The Kier molecular flexibility index (Phi) is 10.6. The van der Waals surface area contributed by atoms with Crippen molar-refractivity contribution in [2.75, 3.05) is 18.5 Å². The quantitative estimate of drug-likeness (QED) is 0.187. The van der Waals surface area contributed by atoms with Crippen LogP contribution in [0.25, 0.3) is 11.4 Å². The molecule has 0 bridgehead atoms. The van der Waals surface area contributed by atoms with Gasteiger partial charge in [-0.15, -0.1) is 0 Å². The van der Waals surface area contributed by atoms with Crippen molar-refractivity contribution in [1.29, 1.82) is 0 Å². The molecule has 1 amide bonds. The van der Waals surface area contributed by atoms with Crippen molar-refractivity contribution in [2.45, 2.75) is 45.4 Å². The lowest BCUT2D eigenvalue weighted by atomic mass is 9.99. The Morgan fingerprint density at radius 2 is 1.83 bits per heavy atom. The van der Waals surface area contributed by atoms with E-state index in [-0.39, 0.29) is 30.3 Å². The van der Waals surface area contributed by atoms with E-state index in [0.29, 0.717) is 46.5 Å². The molecule has 13 nitrogen and oxygen atoms in total.